The van der Waals surface area contributed by atoms with Gasteiger partial charge in [0, 0.05) is 5.38 Å². The van der Waals surface area contributed by atoms with Crippen LogP contribution < -0.4 is 0 Å². The molecule has 1 rings (SSSR count). The molecule has 82 valence electrons. The van der Waals surface area contributed by atoms with Crippen molar-refractivity contribution in [1.29, 1.82) is 0 Å². The third-order valence-corrected chi connectivity index (χ3v) is 2.64. The van der Waals surface area contributed by atoms with E-state index in [0.29, 0.717) is 18.6 Å². The third-order valence-electron chi connectivity index (χ3n) is 2.12. The fourth-order valence-electron chi connectivity index (χ4n) is 1.14. The van der Waals surface area contributed by atoms with Crippen LogP contribution in [-0.2, 0) is 4.74 Å². The lowest BCUT2D eigenvalue weighted by molar-refractivity contribution is 0.0499. The Balaban J connectivity index is 2.31. The van der Waals surface area contributed by atoms with Gasteiger partial charge in [-0.15, -0.1) is 11.6 Å². The van der Waals surface area contributed by atoms with Gasteiger partial charge in [-0.2, -0.15) is 0 Å². The van der Waals surface area contributed by atoms with E-state index in [2.05, 4.69) is 0 Å². The third kappa shape index (κ3) is 4.34. The van der Waals surface area contributed by atoms with Crippen LogP contribution in [0, 0.1) is 0 Å². The average Bonchev–Trinajstić information content (AvgIpc) is 2.29. The van der Waals surface area contributed by atoms with Gasteiger partial charge in [-0.1, -0.05) is 25.1 Å². The Hall–Kier alpha value is -1.02. The Morgan fingerprint density at radius 1 is 1.40 bits per heavy atom. The first-order chi connectivity index (χ1) is 7.24. The van der Waals surface area contributed by atoms with Crippen LogP contribution in [-0.4, -0.2) is 18.0 Å². The molecule has 15 heavy (non-hydrogen) atoms. The molecule has 1 aromatic carbocycles. The maximum atomic E-state index is 11.4. The summed E-state index contributed by atoms with van der Waals surface area (Å²) in [6, 6.07) is 8.96. The van der Waals surface area contributed by atoms with Gasteiger partial charge in [-0.25, -0.2) is 4.79 Å². The number of carbonyl (C=O) groups is 1. The molecule has 0 bridgehead atoms. The molecule has 0 saturated heterocycles. The quantitative estimate of drug-likeness (QED) is 0.569. The Labute approximate surface area is 95.2 Å². The van der Waals surface area contributed by atoms with Crippen molar-refractivity contribution in [2.24, 2.45) is 0 Å². The van der Waals surface area contributed by atoms with Crippen LogP contribution in [0.3, 0.4) is 0 Å². The minimum absolute atomic E-state index is 0.0913. The zero-order valence-electron chi connectivity index (χ0n) is 8.78. The van der Waals surface area contributed by atoms with E-state index in [1.54, 1.807) is 12.1 Å². The van der Waals surface area contributed by atoms with Gasteiger partial charge >= 0.3 is 5.97 Å². The molecule has 0 N–H and O–H groups in total. The Morgan fingerprint density at radius 2 is 2.07 bits per heavy atom. The van der Waals surface area contributed by atoms with Crippen molar-refractivity contribution in [2.75, 3.05) is 6.61 Å². The van der Waals surface area contributed by atoms with Crippen LogP contribution in [0.15, 0.2) is 30.3 Å². The molecular formula is C12H15ClO2. The number of hydrogen-bond acceptors (Lipinski definition) is 2. The lowest BCUT2D eigenvalue weighted by atomic mass is 10.2. The van der Waals surface area contributed by atoms with Crippen LogP contribution in [0.4, 0.5) is 0 Å². The van der Waals surface area contributed by atoms with Crippen molar-refractivity contribution >= 4 is 17.6 Å². The molecule has 0 saturated carbocycles. The first kappa shape index (κ1) is 12.1. The minimum Gasteiger partial charge on any atom is -0.462 e. The molecule has 0 fully saturated rings. The van der Waals surface area contributed by atoms with E-state index in [-0.39, 0.29) is 11.3 Å². The summed E-state index contributed by atoms with van der Waals surface area (Å²) in [5, 5.41) is 0.0913. The molecular weight excluding hydrogens is 212 g/mol. The van der Waals surface area contributed by atoms with Crippen molar-refractivity contribution in [3.63, 3.8) is 0 Å². The molecule has 0 unspecified atom stereocenters. The Morgan fingerprint density at radius 3 is 2.67 bits per heavy atom. The number of alkyl halides is 1. The Kier molecular flexibility index (Phi) is 5.19. The topological polar surface area (TPSA) is 26.3 Å². The van der Waals surface area contributed by atoms with E-state index in [4.69, 9.17) is 16.3 Å². The molecule has 0 spiro atoms. The molecule has 0 amide bonds. The predicted octanol–water partition coefficient (Wildman–Crippen LogP) is 3.25. The second-order valence-electron chi connectivity index (χ2n) is 3.30. The van der Waals surface area contributed by atoms with Gasteiger partial charge in [0.1, 0.15) is 0 Å². The van der Waals surface area contributed by atoms with Crippen molar-refractivity contribution in [2.45, 2.75) is 25.1 Å². The highest BCUT2D eigenvalue weighted by molar-refractivity contribution is 6.20. The number of carbonyl (C=O) groups excluding carboxylic acids is 1. The minimum atomic E-state index is -0.282. The van der Waals surface area contributed by atoms with E-state index < -0.39 is 0 Å². The second kappa shape index (κ2) is 6.46. The van der Waals surface area contributed by atoms with Crippen LogP contribution in [0.25, 0.3) is 0 Å². The number of hydrogen-bond donors (Lipinski definition) is 0. The fourth-order valence-corrected chi connectivity index (χ4v) is 1.23. The molecule has 0 aliphatic heterocycles. The van der Waals surface area contributed by atoms with Gasteiger partial charge in [0.2, 0.25) is 0 Å². The highest BCUT2D eigenvalue weighted by Gasteiger charge is 2.07. The number of esters is 1. The number of ether oxygens (including phenoxy) is 1. The normalized spacial score (nSPS) is 12.1. The lowest BCUT2D eigenvalue weighted by Gasteiger charge is -2.07. The van der Waals surface area contributed by atoms with Crippen molar-refractivity contribution in [3.8, 4) is 0 Å². The van der Waals surface area contributed by atoms with Gasteiger partial charge < -0.3 is 4.74 Å². The molecule has 0 aliphatic carbocycles. The molecule has 0 aliphatic rings. The van der Waals surface area contributed by atoms with Gasteiger partial charge in [-0.05, 0) is 25.0 Å². The van der Waals surface area contributed by atoms with Crippen LogP contribution in [0.2, 0.25) is 0 Å². The van der Waals surface area contributed by atoms with Crippen LogP contribution in [0.1, 0.15) is 30.1 Å². The van der Waals surface area contributed by atoms with E-state index >= 15 is 0 Å². The molecule has 1 aromatic rings. The van der Waals surface area contributed by atoms with Gasteiger partial charge in [0.25, 0.3) is 0 Å². The smallest absolute Gasteiger partial charge is 0.338 e. The fraction of sp³-hybridized carbons (Fsp3) is 0.417. The van der Waals surface area contributed by atoms with E-state index in [1.807, 2.05) is 25.1 Å². The molecule has 1 atom stereocenters. The van der Waals surface area contributed by atoms with Gasteiger partial charge in [0.05, 0.1) is 12.2 Å². The first-order valence-corrected chi connectivity index (χ1v) is 5.54. The summed E-state index contributed by atoms with van der Waals surface area (Å²) in [6.45, 7) is 2.40. The zero-order chi connectivity index (χ0) is 11.1. The first-order valence-electron chi connectivity index (χ1n) is 5.10. The molecule has 0 radical (unpaired) electrons. The van der Waals surface area contributed by atoms with Gasteiger partial charge in [0.15, 0.2) is 0 Å². The average molecular weight is 227 g/mol. The maximum absolute atomic E-state index is 11.4. The SMILES string of the molecule is CC[C@H](Cl)CCOC(=O)c1ccccc1. The largest absolute Gasteiger partial charge is 0.462 e. The number of benzene rings is 1. The lowest BCUT2D eigenvalue weighted by Crippen LogP contribution is -2.09. The Bertz CT molecular complexity index is 298. The van der Waals surface area contributed by atoms with E-state index in [0.717, 1.165) is 6.42 Å². The highest BCUT2D eigenvalue weighted by Crippen LogP contribution is 2.07. The van der Waals surface area contributed by atoms with Crippen molar-refractivity contribution < 1.29 is 9.53 Å². The highest BCUT2D eigenvalue weighted by atomic mass is 35.5. The molecule has 2 nitrogen and oxygen atoms in total. The standard InChI is InChI=1S/C12H15ClO2/c1-2-11(13)8-9-15-12(14)10-6-4-3-5-7-10/h3-7,11H,2,8-9H2,1H3/t11-/m0/s1. The van der Waals surface area contributed by atoms with Crippen LogP contribution >= 0.6 is 11.6 Å². The molecule has 0 aromatic heterocycles. The van der Waals surface area contributed by atoms with Crippen molar-refractivity contribution in [1.82, 2.24) is 0 Å². The van der Waals surface area contributed by atoms with Crippen molar-refractivity contribution in [3.05, 3.63) is 35.9 Å². The monoisotopic (exact) mass is 226 g/mol. The number of halogens is 1. The summed E-state index contributed by atoms with van der Waals surface area (Å²) in [6.07, 6.45) is 1.60. The summed E-state index contributed by atoms with van der Waals surface area (Å²) < 4.78 is 5.08. The summed E-state index contributed by atoms with van der Waals surface area (Å²) in [4.78, 5) is 11.4. The molecule has 3 heteroatoms. The zero-order valence-corrected chi connectivity index (χ0v) is 9.54. The molecule has 0 heterocycles. The maximum Gasteiger partial charge on any atom is 0.338 e. The van der Waals surface area contributed by atoms with E-state index in [9.17, 15) is 4.79 Å². The summed E-state index contributed by atoms with van der Waals surface area (Å²) in [5.74, 6) is -0.282. The van der Waals surface area contributed by atoms with Crippen LogP contribution in [0.5, 0.6) is 0 Å². The summed E-state index contributed by atoms with van der Waals surface area (Å²) in [5.41, 5.74) is 0.583. The van der Waals surface area contributed by atoms with E-state index in [1.165, 1.54) is 0 Å². The summed E-state index contributed by atoms with van der Waals surface area (Å²) in [7, 11) is 0. The second-order valence-corrected chi connectivity index (χ2v) is 3.91. The van der Waals surface area contributed by atoms with Gasteiger partial charge in [-0.3, -0.25) is 0 Å². The predicted molar refractivity (Wildman–Crippen MR) is 61.3 cm³/mol. The number of rotatable bonds is 5. The summed E-state index contributed by atoms with van der Waals surface area (Å²) >= 11 is 5.90.